The highest BCUT2D eigenvalue weighted by molar-refractivity contribution is 5.14. The number of hydrogen-bond acceptors (Lipinski definition) is 9. The van der Waals surface area contributed by atoms with Crippen LogP contribution in [0.1, 0.15) is 135 Å². The minimum absolute atomic E-state index is 0.275. The fraction of sp³-hybridized carbons (Fsp3) is 0.833. The Hall–Kier alpha value is -1.14. The van der Waals surface area contributed by atoms with Crippen LogP contribution in [0.2, 0.25) is 0 Å². The van der Waals surface area contributed by atoms with Crippen LogP contribution < -0.4 is 34.4 Å². The molecule has 0 aliphatic heterocycles. The second kappa shape index (κ2) is 61.8. The molecule has 9 nitrogen and oxygen atoms in total. The predicted molar refractivity (Wildman–Crippen MR) is 200 cm³/mol. The molecule has 274 valence electrons. The lowest BCUT2D eigenvalue weighted by atomic mass is 10.1. The van der Waals surface area contributed by atoms with Gasteiger partial charge in [-0.15, -0.1) is 0 Å². The fourth-order valence-corrected chi connectivity index (χ4v) is 3.38. The maximum Gasteiger partial charge on any atom is 0.0431 e. The van der Waals surface area contributed by atoms with E-state index in [9.17, 15) is 0 Å². The zero-order valence-corrected chi connectivity index (χ0v) is 30.0. The quantitative estimate of drug-likeness (QED) is 0.0734. The maximum absolute atomic E-state index is 8.33. The number of hydrogen-bond donors (Lipinski definition) is 9. The van der Waals surface area contributed by atoms with E-state index in [2.05, 4.69) is 38.1 Å². The second-order valence-electron chi connectivity index (χ2n) is 10.8. The Morgan fingerprint density at radius 3 is 1.02 bits per heavy atom. The molecule has 0 aromatic heterocycles. The smallest absolute Gasteiger partial charge is 0.0431 e. The molecule has 0 fully saturated rings. The van der Waals surface area contributed by atoms with Crippen molar-refractivity contribution in [1.82, 2.24) is 0 Å². The lowest BCUT2D eigenvalue weighted by Crippen LogP contribution is -1.98. The third kappa shape index (κ3) is 75.1. The van der Waals surface area contributed by atoms with Gasteiger partial charge in [0.15, 0.2) is 0 Å². The molecule has 0 radical (unpaired) electrons. The van der Waals surface area contributed by atoms with E-state index in [1.54, 1.807) is 0 Å². The van der Waals surface area contributed by atoms with Crippen molar-refractivity contribution < 1.29 is 15.3 Å². The summed E-state index contributed by atoms with van der Waals surface area (Å²) in [6.07, 6.45) is 21.5. The monoisotopic (exact) mass is 647 g/mol. The highest BCUT2D eigenvalue weighted by Crippen LogP contribution is 2.03. The molecule has 0 aliphatic rings. The van der Waals surface area contributed by atoms with Gasteiger partial charge in [0.25, 0.3) is 0 Å². The van der Waals surface area contributed by atoms with Crippen LogP contribution in [-0.2, 0) is 6.42 Å². The summed E-state index contributed by atoms with van der Waals surface area (Å²) in [6.45, 7) is 10.0. The zero-order chi connectivity index (χ0) is 34.9. The van der Waals surface area contributed by atoms with Gasteiger partial charge < -0.3 is 49.7 Å². The first-order valence-corrected chi connectivity index (χ1v) is 18.1. The minimum Gasteiger partial charge on any atom is -0.396 e. The van der Waals surface area contributed by atoms with Gasteiger partial charge >= 0.3 is 0 Å². The van der Waals surface area contributed by atoms with E-state index in [0.29, 0.717) is 19.8 Å². The molecule has 0 atom stereocenters. The van der Waals surface area contributed by atoms with Crippen LogP contribution in [0.5, 0.6) is 0 Å². The third-order valence-electron chi connectivity index (χ3n) is 6.21. The normalized spacial score (nSPS) is 9.49. The van der Waals surface area contributed by atoms with Gasteiger partial charge in [-0.25, -0.2) is 0 Å². The molecule has 9 heteroatoms. The molecule has 1 aromatic carbocycles. The van der Waals surface area contributed by atoms with Crippen LogP contribution in [0, 0.1) is 0 Å². The van der Waals surface area contributed by atoms with Gasteiger partial charge in [-0.3, -0.25) is 0 Å². The topological polar surface area (TPSA) is 217 Å². The van der Waals surface area contributed by atoms with Crippen LogP contribution >= 0.6 is 0 Å². The summed E-state index contributed by atoms with van der Waals surface area (Å²) in [7, 11) is 0. The van der Waals surface area contributed by atoms with E-state index in [1.807, 2.05) is 6.07 Å². The molecule has 0 amide bonds. The van der Waals surface area contributed by atoms with Crippen LogP contribution in [0.25, 0.3) is 0 Å². The molecule has 0 spiro atoms. The lowest BCUT2D eigenvalue weighted by molar-refractivity contribution is 0.282. The molecule has 15 N–H and O–H groups in total. The Morgan fingerprint density at radius 1 is 0.378 bits per heavy atom. The SMILES string of the molecule is CCCCCCN.CCCCCN.NCCCCCCO.NCCCCCO.NCCCCO.NCCCCc1ccccc1. The van der Waals surface area contributed by atoms with Gasteiger partial charge in [0.1, 0.15) is 0 Å². The summed E-state index contributed by atoms with van der Waals surface area (Å²) >= 11 is 0. The molecule has 0 bridgehead atoms. The van der Waals surface area contributed by atoms with Crippen LogP contribution in [-0.4, -0.2) is 74.4 Å². The molecule has 45 heavy (non-hydrogen) atoms. The van der Waals surface area contributed by atoms with Crippen LogP contribution in [0.15, 0.2) is 30.3 Å². The Balaban J connectivity index is -0.000000145. The van der Waals surface area contributed by atoms with Crippen molar-refractivity contribution >= 4 is 0 Å². The largest absolute Gasteiger partial charge is 0.396 e. The second-order valence-corrected chi connectivity index (χ2v) is 10.8. The first kappa shape index (κ1) is 53.4. The van der Waals surface area contributed by atoms with Crippen molar-refractivity contribution in [2.24, 2.45) is 34.4 Å². The molecule has 0 saturated heterocycles. The number of aliphatic hydroxyl groups is 3. The highest BCUT2D eigenvalue weighted by Gasteiger charge is 1.89. The van der Waals surface area contributed by atoms with Crippen LogP contribution in [0.4, 0.5) is 0 Å². The number of benzene rings is 1. The highest BCUT2D eigenvalue weighted by atomic mass is 16.3. The molecule has 1 rings (SSSR count). The van der Waals surface area contributed by atoms with E-state index >= 15 is 0 Å². The Labute approximate surface area is 280 Å². The van der Waals surface area contributed by atoms with Gasteiger partial charge in [-0.2, -0.15) is 0 Å². The number of rotatable bonds is 23. The Bertz CT molecular complexity index is 491. The Morgan fingerprint density at radius 2 is 0.667 bits per heavy atom. The maximum atomic E-state index is 8.33. The number of aliphatic hydroxyl groups excluding tert-OH is 3. The van der Waals surface area contributed by atoms with Gasteiger partial charge in [0, 0.05) is 19.8 Å². The molecule has 0 saturated carbocycles. The van der Waals surface area contributed by atoms with Crippen molar-refractivity contribution in [3.05, 3.63) is 35.9 Å². The first-order chi connectivity index (χ1) is 22.0. The molecule has 1 aromatic rings. The zero-order valence-electron chi connectivity index (χ0n) is 30.0. The molecular weight excluding hydrogens is 564 g/mol. The van der Waals surface area contributed by atoms with E-state index in [-0.39, 0.29) is 6.61 Å². The van der Waals surface area contributed by atoms with Crippen molar-refractivity contribution in [1.29, 1.82) is 0 Å². The molecular formula is C36H82N6O3. The summed E-state index contributed by atoms with van der Waals surface area (Å²) in [6, 6.07) is 10.5. The average molecular weight is 647 g/mol. The number of unbranched alkanes of at least 4 members (excludes halogenated alkanes) is 12. The summed E-state index contributed by atoms with van der Waals surface area (Å²) < 4.78 is 0. The van der Waals surface area contributed by atoms with E-state index in [0.717, 1.165) is 103 Å². The van der Waals surface area contributed by atoms with E-state index in [4.69, 9.17) is 49.7 Å². The first-order valence-electron chi connectivity index (χ1n) is 18.1. The van der Waals surface area contributed by atoms with Gasteiger partial charge in [0.2, 0.25) is 0 Å². The lowest BCUT2D eigenvalue weighted by Gasteiger charge is -1.98. The minimum atomic E-state index is 0.275. The standard InChI is InChI=1S/C10H15N.C6H15NO.C6H15N.C5H13NO.C5H13N.C4H11NO/c11-9-5-4-8-10-6-2-1-3-7-10;7-5-3-1-2-4-6-8;1-2-3-4-5-6-7;6-4-2-1-3-5-7;1-2-3-4-5-6;5-3-1-2-4-6/h1-3,6-7H,4-5,8-9,11H2;8H,1-7H2;2-7H2,1H3;7H,1-6H2;2-6H2,1H3;6H,1-5H2. The van der Waals surface area contributed by atoms with E-state index < -0.39 is 0 Å². The number of aryl methyl sites for hydroxylation is 1. The van der Waals surface area contributed by atoms with Crippen LogP contribution in [0.3, 0.4) is 0 Å². The molecule has 0 aliphatic carbocycles. The van der Waals surface area contributed by atoms with Gasteiger partial charge in [-0.1, -0.05) is 89.1 Å². The number of nitrogens with two attached hydrogens (primary N) is 6. The summed E-state index contributed by atoms with van der Waals surface area (Å²) in [5.74, 6) is 0. The molecule has 0 unspecified atom stereocenters. The predicted octanol–water partition coefficient (Wildman–Crippen LogP) is 4.95. The van der Waals surface area contributed by atoms with Crippen molar-refractivity contribution in [3.63, 3.8) is 0 Å². The summed E-state index contributed by atoms with van der Waals surface area (Å²) in [5, 5.41) is 24.7. The van der Waals surface area contributed by atoms with Gasteiger partial charge in [0.05, 0.1) is 0 Å². The fourth-order valence-electron chi connectivity index (χ4n) is 3.38. The van der Waals surface area contributed by atoms with Crippen molar-refractivity contribution in [2.45, 2.75) is 136 Å². The third-order valence-corrected chi connectivity index (χ3v) is 6.21. The summed E-state index contributed by atoms with van der Waals surface area (Å²) in [4.78, 5) is 0. The Kier molecular flexibility index (Phi) is 73.3. The average Bonchev–Trinajstić information content (AvgIpc) is 3.07. The summed E-state index contributed by atoms with van der Waals surface area (Å²) in [5.41, 5.74) is 32.8. The van der Waals surface area contributed by atoms with Crippen molar-refractivity contribution in [2.75, 3.05) is 59.1 Å². The van der Waals surface area contributed by atoms with Crippen molar-refractivity contribution in [3.8, 4) is 0 Å². The molecule has 0 heterocycles. The van der Waals surface area contributed by atoms with Gasteiger partial charge in [-0.05, 0) is 122 Å². The van der Waals surface area contributed by atoms with E-state index in [1.165, 1.54) is 56.9 Å².